The van der Waals surface area contributed by atoms with Crippen LogP contribution in [-0.4, -0.2) is 39.5 Å². The molecule has 6 nitrogen and oxygen atoms in total. The first-order valence-corrected chi connectivity index (χ1v) is 5.33. The minimum absolute atomic E-state index is 0.102. The van der Waals surface area contributed by atoms with Gasteiger partial charge in [-0.3, -0.25) is 4.68 Å². The first-order chi connectivity index (χ1) is 7.63. The van der Waals surface area contributed by atoms with E-state index in [9.17, 15) is 4.79 Å². The second kappa shape index (κ2) is 4.13. The zero-order valence-electron chi connectivity index (χ0n) is 9.21. The lowest BCUT2D eigenvalue weighted by molar-refractivity contribution is -0.138. The molecule has 1 aromatic rings. The summed E-state index contributed by atoms with van der Waals surface area (Å²) in [5, 5.41) is 13.2. The third-order valence-corrected chi connectivity index (χ3v) is 3.05. The topological polar surface area (TPSA) is 84.4 Å². The minimum Gasteiger partial charge on any atom is -0.480 e. The Kier molecular flexibility index (Phi) is 2.82. The van der Waals surface area contributed by atoms with Gasteiger partial charge in [-0.2, -0.15) is 5.10 Å². The Bertz CT molecular complexity index is 390. The molecule has 6 heteroatoms. The second-order valence-corrected chi connectivity index (χ2v) is 4.10. The number of carboxylic acid groups (broad SMARTS) is 1. The number of carboxylic acids is 1. The monoisotopic (exact) mass is 224 g/mol. The Morgan fingerprint density at radius 3 is 2.94 bits per heavy atom. The van der Waals surface area contributed by atoms with E-state index < -0.39 is 12.0 Å². The predicted octanol–water partition coefficient (Wildman–Crippen LogP) is -0.199. The Labute approximate surface area is 93.6 Å². The number of carbonyl (C=O) groups is 1. The molecule has 88 valence electrons. The molecule has 0 amide bonds. The van der Waals surface area contributed by atoms with Gasteiger partial charge in [0.1, 0.15) is 6.04 Å². The van der Waals surface area contributed by atoms with Crippen LogP contribution in [0, 0.1) is 0 Å². The van der Waals surface area contributed by atoms with E-state index in [2.05, 4.69) is 5.10 Å². The number of aryl methyl sites for hydroxylation is 1. The number of aromatic nitrogens is 2. The number of nitrogens with zero attached hydrogens (tertiary/aromatic N) is 3. The van der Waals surface area contributed by atoms with Crippen molar-refractivity contribution in [1.82, 2.24) is 9.78 Å². The van der Waals surface area contributed by atoms with Crippen molar-refractivity contribution < 1.29 is 9.90 Å². The third kappa shape index (κ3) is 1.76. The maximum Gasteiger partial charge on any atom is 0.326 e. The molecule has 1 fully saturated rings. The van der Waals surface area contributed by atoms with Crippen LogP contribution in [0.4, 0.5) is 5.69 Å². The lowest BCUT2D eigenvalue weighted by atomic mass is 10.2. The van der Waals surface area contributed by atoms with Gasteiger partial charge in [0, 0.05) is 25.8 Å². The first-order valence-electron chi connectivity index (χ1n) is 5.33. The van der Waals surface area contributed by atoms with Crippen molar-refractivity contribution in [2.24, 2.45) is 12.8 Å². The van der Waals surface area contributed by atoms with Gasteiger partial charge < -0.3 is 15.7 Å². The molecule has 1 aliphatic rings. The molecule has 1 aromatic heterocycles. The molecule has 1 saturated heterocycles. The van der Waals surface area contributed by atoms with Gasteiger partial charge >= 0.3 is 5.97 Å². The highest BCUT2D eigenvalue weighted by Gasteiger charge is 2.37. The fourth-order valence-corrected chi connectivity index (χ4v) is 2.29. The zero-order chi connectivity index (χ0) is 11.7. The first kappa shape index (κ1) is 10.9. The van der Waals surface area contributed by atoms with Gasteiger partial charge in [-0.25, -0.2) is 4.79 Å². The molecule has 0 aliphatic carbocycles. The van der Waals surface area contributed by atoms with Crippen molar-refractivity contribution in [2.45, 2.75) is 24.9 Å². The van der Waals surface area contributed by atoms with Crippen LogP contribution >= 0.6 is 0 Å². The van der Waals surface area contributed by atoms with Crippen LogP contribution in [0.5, 0.6) is 0 Å². The second-order valence-electron chi connectivity index (χ2n) is 4.10. The van der Waals surface area contributed by atoms with Crippen molar-refractivity contribution in [3.63, 3.8) is 0 Å². The number of rotatable bonds is 3. The van der Waals surface area contributed by atoms with E-state index in [-0.39, 0.29) is 6.04 Å². The molecule has 0 bridgehead atoms. The largest absolute Gasteiger partial charge is 0.480 e. The molecule has 2 heterocycles. The maximum atomic E-state index is 11.1. The SMILES string of the molecule is Cn1cc(N2C(CN)CCC2C(=O)O)cn1. The highest BCUT2D eigenvalue weighted by Crippen LogP contribution is 2.29. The molecule has 0 spiro atoms. The summed E-state index contributed by atoms with van der Waals surface area (Å²) in [6, 6.07) is -0.372. The molecule has 3 N–H and O–H groups in total. The molecule has 0 saturated carbocycles. The molecule has 2 atom stereocenters. The van der Waals surface area contributed by atoms with Crippen molar-refractivity contribution in [3.05, 3.63) is 12.4 Å². The lowest BCUT2D eigenvalue weighted by Gasteiger charge is -2.28. The number of aliphatic carboxylic acids is 1. The minimum atomic E-state index is -0.792. The summed E-state index contributed by atoms with van der Waals surface area (Å²) in [7, 11) is 1.81. The van der Waals surface area contributed by atoms with Crippen LogP contribution in [0.1, 0.15) is 12.8 Å². The van der Waals surface area contributed by atoms with Crippen molar-refractivity contribution in [3.8, 4) is 0 Å². The summed E-state index contributed by atoms with van der Waals surface area (Å²) in [6.07, 6.45) is 4.97. The Balaban J connectivity index is 2.29. The summed E-state index contributed by atoms with van der Waals surface area (Å²) in [4.78, 5) is 13.0. The van der Waals surface area contributed by atoms with Crippen molar-refractivity contribution in [1.29, 1.82) is 0 Å². The van der Waals surface area contributed by atoms with E-state index in [1.165, 1.54) is 0 Å². The van der Waals surface area contributed by atoms with E-state index >= 15 is 0 Å². The highest BCUT2D eigenvalue weighted by atomic mass is 16.4. The molecule has 16 heavy (non-hydrogen) atoms. The van der Waals surface area contributed by atoms with E-state index in [1.807, 2.05) is 18.1 Å². The average Bonchev–Trinajstić information content (AvgIpc) is 2.82. The summed E-state index contributed by atoms with van der Waals surface area (Å²) in [5.41, 5.74) is 6.50. The van der Waals surface area contributed by atoms with Crippen LogP contribution in [0.15, 0.2) is 12.4 Å². The molecule has 2 unspecified atom stereocenters. The number of nitrogens with two attached hydrogens (primary N) is 1. The van der Waals surface area contributed by atoms with Crippen molar-refractivity contribution in [2.75, 3.05) is 11.4 Å². The number of anilines is 1. The fourth-order valence-electron chi connectivity index (χ4n) is 2.29. The molecule has 0 radical (unpaired) electrons. The standard InChI is InChI=1S/C10H16N4O2/c1-13-6-8(5-12-13)14-7(4-11)2-3-9(14)10(15)16/h5-7,9H,2-4,11H2,1H3,(H,15,16). The predicted molar refractivity (Wildman–Crippen MR) is 59.2 cm³/mol. The zero-order valence-corrected chi connectivity index (χ0v) is 9.21. The molecule has 0 aromatic carbocycles. The van der Waals surface area contributed by atoms with E-state index in [4.69, 9.17) is 10.8 Å². The van der Waals surface area contributed by atoms with Crippen LogP contribution in [0.3, 0.4) is 0 Å². The van der Waals surface area contributed by atoms with Gasteiger partial charge in [0.2, 0.25) is 0 Å². The van der Waals surface area contributed by atoms with Crippen molar-refractivity contribution >= 4 is 11.7 Å². The third-order valence-electron chi connectivity index (χ3n) is 3.05. The fraction of sp³-hybridized carbons (Fsp3) is 0.600. The number of hydrogen-bond donors (Lipinski definition) is 2. The Morgan fingerprint density at radius 2 is 2.44 bits per heavy atom. The summed E-state index contributed by atoms with van der Waals surface area (Å²) in [5.74, 6) is -0.792. The summed E-state index contributed by atoms with van der Waals surface area (Å²) in [6.45, 7) is 0.471. The van der Waals surface area contributed by atoms with Gasteiger partial charge in [-0.05, 0) is 12.8 Å². The van der Waals surface area contributed by atoms with Gasteiger partial charge in [0.25, 0.3) is 0 Å². The van der Waals surface area contributed by atoms with Gasteiger partial charge in [0.15, 0.2) is 0 Å². The molecular formula is C10H16N4O2. The molecular weight excluding hydrogens is 208 g/mol. The van der Waals surface area contributed by atoms with E-state index in [1.54, 1.807) is 10.9 Å². The van der Waals surface area contributed by atoms with Gasteiger partial charge in [0.05, 0.1) is 11.9 Å². The van der Waals surface area contributed by atoms with Crippen LogP contribution in [0.25, 0.3) is 0 Å². The average molecular weight is 224 g/mol. The van der Waals surface area contributed by atoms with E-state index in [0.717, 1.165) is 12.1 Å². The van der Waals surface area contributed by atoms with Crippen LogP contribution in [-0.2, 0) is 11.8 Å². The van der Waals surface area contributed by atoms with Crippen LogP contribution in [0.2, 0.25) is 0 Å². The highest BCUT2D eigenvalue weighted by molar-refractivity contribution is 5.79. The van der Waals surface area contributed by atoms with Gasteiger partial charge in [-0.15, -0.1) is 0 Å². The van der Waals surface area contributed by atoms with Gasteiger partial charge in [-0.1, -0.05) is 0 Å². The lowest BCUT2D eigenvalue weighted by Crippen LogP contribution is -2.43. The smallest absolute Gasteiger partial charge is 0.326 e. The quantitative estimate of drug-likeness (QED) is 0.742. The number of hydrogen-bond acceptors (Lipinski definition) is 4. The normalized spacial score (nSPS) is 25.0. The summed E-state index contributed by atoms with van der Waals surface area (Å²) < 4.78 is 1.67. The Morgan fingerprint density at radius 1 is 1.69 bits per heavy atom. The Hall–Kier alpha value is -1.56. The molecule has 2 rings (SSSR count). The van der Waals surface area contributed by atoms with E-state index in [0.29, 0.717) is 13.0 Å². The molecule has 1 aliphatic heterocycles. The maximum absolute atomic E-state index is 11.1. The van der Waals surface area contributed by atoms with Crippen LogP contribution < -0.4 is 10.6 Å². The summed E-state index contributed by atoms with van der Waals surface area (Å²) >= 11 is 0.